The monoisotopic (exact) mass is 272 g/mol. The van der Waals surface area contributed by atoms with E-state index in [1.54, 1.807) is 4.90 Å². The Morgan fingerprint density at radius 2 is 2.26 bits per heavy atom. The summed E-state index contributed by atoms with van der Waals surface area (Å²) in [6, 6.07) is 2.82. The molecular weight excluding hydrogens is 261 g/mol. The number of nitrogens with two attached hydrogens (primary N) is 1. The van der Waals surface area contributed by atoms with Crippen LogP contribution in [0.5, 0.6) is 0 Å². The summed E-state index contributed by atoms with van der Waals surface area (Å²) in [6.45, 7) is 0.826. The molecule has 0 amide bonds. The highest BCUT2D eigenvalue weighted by atomic mass is 19.4. The summed E-state index contributed by atoms with van der Waals surface area (Å²) >= 11 is 0. The standard InChI is InChI=1S/C11H11F3N4O/c12-11(13,14)10-3-9(8(16)5-17-10)18-1-2-19-7(4-15)6-18/h3,5,7H,1-2,6,16H2. The van der Waals surface area contributed by atoms with Crippen LogP contribution in [0.2, 0.25) is 0 Å². The molecule has 0 radical (unpaired) electrons. The van der Waals surface area contributed by atoms with E-state index in [0.29, 0.717) is 6.54 Å². The lowest BCUT2D eigenvalue weighted by Crippen LogP contribution is -2.42. The average Bonchev–Trinajstić information content (AvgIpc) is 2.38. The van der Waals surface area contributed by atoms with Gasteiger partial charge in [-0.05, 0) is 6.07 Å². The van der Waals surface area contributed by atoms with Crippen molar-refractivity contribution >= 4 is 11.4 Å². The van der Waals surface area contributed by atoms with E-state index >= 15 is 0 Å². The molecule has 1 aliphatic heterocycles. The molecule has 0 bridgehead atoms. The third-order valence-corrected chi connectivity index (χ3v) is 2.75. The molecule has 1 fully saturated rings. The smallest absolute Gasteiger partial charge is 0.396 e. The first kappa shape index (κ1) is 13.4. The van der Waals surface area contributed by atoms with Gasteiger partial charge in [-0.25, -0.2) is 4.98 Å². The molecule has 19 heavy (non-hydrogen) atoms. The van der Waals surface area contributed by atoms with Gasteiger partial charge in [0.2, 0.25) is 0 Å². The number of hydrogen-bond donors (Lipinski definition) is 1. The van der Waals surface area contributed by atoms with Crippen molar-refractivity contribution in [1.82, 2.24) is 4.98 Å². The Bertz CT molecular complexity index is 512. The van der Waals surface area contributed by atoms with Gasteiger partial charge in [0.1, 0.15) is 5.69 Å². The number of alkyl halides is 3. The summed E-state index contributed by atoms with van der Waals surface area (Å²) in [6.07, 6.45) is -4.21. The Morgan fingerprint density at radius 1 is 1.53 bits per heavy atom. The lowest BCUT2D eigenvalue weighted by atomic mass is 10.2. The summed E-state index contributed by atoms with van der Waals surface area (Å²) in [5.41, 5.74) is 5.02. The predicted molar refractivity (Wildman–Crippen MR) is 61.2 cm³/mol. The Morgan fingerprint density at radius 3 is 2.89 bits per heavy atom. The van der Waals surface area contributed by atoms with Gasteiger partial charge in [0.15, 0.2) is 6.10 Å². The molecule has 0 aliphatic carbocycles. The Hall–Kier alpha value is -2.01. The number of rotatable bonds is 1. The summed E-state index contributed by atoms with van der Waals surface area (Å²) in [4.78, 5) is 4.87. The molecule has 2 N–H and O–H groups in total. The molecule has 2 rings (SSSR count). The molecule has 1 unspecified atom stereocenters. The molecule has 1 atom stereocenters. The van der Waals surface area contributed by atoms with Crippen LogP contribution < -0.4 is 10.6 Å². The summed E-state index contributed by atoms with van der Waals surface area (Å²) in [5, 5.41) is 8.78. The van der Waals surface area contributed by atoms with Crippen LogP contribution in [-0.4, -0.2) is 30.8 Å². The minimum atomic E-state index is -4.52. The highest BCUT2D eigenvalue weighted by Gasteiger charge is 2.34. The van der Waals surface area contributed by atoms with Crippen LogP contribution in [0.25, 0.3) is 0 Å². The molecule has 0 spiro atoms. The fourth-order valence-electron chi connectivity index (χ4n) is 1.83. The number of aromatic nitrogens is 1. The van der Waals surface area contributed by atoms with Crippen molar-refractivity contribution < 1.29 is 17.9 Å². The second kappa shape index (κ2) is 4.93. The van der Waals surface area contributed by atoms with Gasteiger partial charge in [-0.2, -0.15) is 18.4 Å². The number of hydrogen-bond acceptors (Lipinski definition) is 5. The molecule has 102 valence electrons. The number of morpholine rings is 1. The molecule has 0 saturated carbocycles. The van der Waals surface area contributed by atoms with Crippen molar-refractivity contribution in [3.63, 3.8) is 0 Å². The molecule has 0 aromatic carbocycles. The van der Waals surface area contributed by atoms with Gasteiger partial charge in [0, 0.05) is 6.54 Å². The fraction of sp³-hybridized carbons (Fsp3) is 0.455. The Balaban J connectivity index is 2.31. The van der Waals surface area contributed by atoms with Crippen molar-refractivity contribution in [2.24, 2.45) is 0 Å². The van der Waals surface area contributed by atoms with Crippen LogP contribution in [-0.2, 0) is 10.9 Å². The largest absolute Gasteiger partial charge is 0.433 e. The van der Waals surface area contributed by atoms with E-state index in [1.807, 2.05) is 6.07 Å². The van der Waals surface area contributed by atoms with E-state index in [0.717, 1.165) is 12.3 Å². The van der Waals surface area contributed by atoms with E-state index in [2.05, 4.69) is 4.98 Å². The molecule has 8 heteroatoms. The molecular formula is C11H11F3N4O. The van der Waals surface area contributed by atoms with E-state index < -0.39 is 18.0 Å². The van der Waals surface area contributed by atoms with Gasteiger partial charge in [0.25, 0.3) is 0 Å². The van der Waals surface area contributed by atoms with Crippen molar-refractivity contribution in [1.29, 1.82) is 5.26 Å². The van der Waals surface area contributed by atoms with Crippen LogP contribution in [0, 0.1) is 11.3 Å². The zero-order valence-electron chi connectivity index (χ0n) is 9.81. The molecule has 5 nitrogen and oxygen atoms in total. The number of halogens is 3. The van der Waals surface area contributed by atoms with Gasteiger partial charge in [-0.3, -0.25) is 0 Å². The maximum Gasteiger partial charge on any atom is 0.433 e. The molecule has 1 saturated heterocycles. The number of nitrogen functional groups attached to an aromatic ring is 1. The topological polar surface area (TPSA) is 75.2 Å². The second-order valence-corrected chi connectivity index (χ2v) is 4.06. The van der Waals surface area contributed by atoms with Crippen molar-refractivity contribution in [2.75, 3.05) is 30.3 Å². The van der Waals surface area contributed by atoms with E-state index in [-0.39, 0.29) is 24.5 Å². The molecule has 2 heterocycles. The third kappa shape index (κ3) is 2.88. The minimum Gasteiger partial charge on any atom is -0.396 e. The zero-order valence-corrected chi connectivity index (χ0v) is 9.81. The lowest BCUT2D eigenvalue weighted by molar-refractivity contribution is -0.141. The van der Waals surface area contributed by atoms with E-state index in [1.165, 1.54) is 0 Å². The molecule has 1 aromatic heterocycles. The van der Waals surface area contributed by atoms with Crippen molar-refractivity contribution in [2.45, 2.75) is 12.3 Å². The predicted octanol–water partition coefficient (Wildman–Crippen LogP) is 1.41. The van der Waals surface area contributed by atoms with Crippen LogP contribution in [0.15, 0.2) is 12.3 Å². The van der Waals surface area contributed by atoms with Crippen molar-refractivity contribution in [3.8, 4) is 6.07 Å². The Labute approximate surface area is 107 Å². The van der Waals surface area contributed by atoms with Crippen LogP contribution >= 0.6 is 0 Å². The van der Waals surface area contributed by atoms with Gasteiger partial charge < -0.3 is 15.4 Å². The van der Waals surface area contributed by atoms with Gasteiger partial charge >= 0.3 is 6.18 Å². The maximum absolute atomic E-state index is 12.6. The number of nitriles is 1. The average molecular weight is 272 g/mol. The normalized spacial score (nSPS) is 20.1. The minimum absolute atomic E-state index is 0.145. The van der Waals surface area contributed by atoms with Crippen LogP contribution in [0.3, 0.4) is 0 Å². The molecule has 1 aromatic rings. The number of anilines is 2. The fourth-order valence-corrected chi connectivity index (χ4v) is 1.83. The highest BCUT2D eigenvalue weighted by Crippen LogP contribution is 2.33. The first-order chi connectivity index (χ1) is 8.91. The van der Waals surface area contributed by atoms with Gasteiger partial charge in [-0.1, -0.05) is 0 Å². The first-order valence-electron chi connectivity index (χ1n) is 5.50. The summed E-state index contributed by atoms with van der Waals surface area (Å²) < 4.78 is 43.0. The van der Waals surface area contributed by atoms with Gasteiger partial charge in [-0.15, -0.1) is 0 Å². The van der Waals surface area contributed by atoms with Crippen LogP contribution in [0.4, 0.5) is 24.5 Å². The highest BCUT2D eigenvalue weighted by molar-refractivity contribution is 5.67. The summed E-state index contributed by atoms with van der Waals surface area (Å²) in [7, 11) is 0. The van der Waals surface area contributed by atoms with E-state index in [4.69, 9.17) is 15.7 Å². The SMILES string of the molecule is N#CC1CN(c2cc(C(F)(F)F)ncc2N)CCO1. The summed E-state index contributed by atoms with van der Waals surface area (Å²) in [5.74, 6) is 0. The number of pyridine rings is 1. The Kier molecular flexibility index (Phi) is 3.48. The number of ether oxygens (including phenoxy) is 1. The van der Waals surface area contributed by atoms with Crippen molar-refractivity contribution in [3.05, 3.63) is 18.0 Å². The van der Waals surface area contributed by atoms with Gasteiger partial charge in [0.05, 0.1) is 36.8 Å². The number of nitrogens with zero attached hydrogens (tertiary/aromatic N) is 3. The zero-order chi connectivity index (χ0) is 14.0. The second-order valence-electron chi connectivity index (χ2n) is 4.06. The third-order valence-electron chi connectivity index (χ3n) is 2.75. The first-order valence-corrected chi connectivity index (χ1v) is 5.50. The quantitative estimate of drug-likeness (QED) is 0.836. The maximum atomic E-state index is 12.6. The van der Waals surface area contributed by atoms with E-state index in [9.17, 15) is 13.2 Å². The molecule has 1 aliphatic rings. The van der Waals surface area contributed by atoms with Crippen LogP contribution in [0.1, 0.15) is 5.69 Å². The lowest BCUT2D eigenvalue weighted by Gasteiger charge is -2.32.